The van der Waals surface area contributed by atoms with E-state index in [1.165, 1.54) is 12.8 Å². The van der Waals surface area contributed by atoms with E-state index in [9.17, 15) is 4.79 Å². The van der Waals surface area contributed by atoms with Gasteiger partial charge in [-0.15, -0.1) is 0 Å². The number of carbonyl (C=O) groups is 1. The van der Waals surface area contributed by atoms with Crippen molar-refractivity contribution in [3.8, 4) is 0 Å². The van der Waals surface area contributed by atoms with Crippen LogP contribution in [0.25, 0.3) is 0 Å². The van der Waals surface area contributed by atoms with E-state index in [4.69, 9.17) is 0 Å². The number of hydrogen-bond donors (Lipinski definition) is 0. The highest BCUT2D eigenvalue weighted by molar-refractivity contribution is 5.76. The Morgan fingerprint density at radius 3 is 1.70 bits per heavy atom. The van der Waals surface area contributed by atoms with E-state index < -0.39 is 0 Å². The molecule has 1 saturated heterocycles. The second-order valence-corrected chi connectivity index (χ2v) is 7.04. The van der Waals surface area contributed by atoms with Crippen LogP contribution in [0.2, 0.25) is 0 Å². The van der Waals surface area contributed by atoms with Crippen LogP contribution in [0.4, 0.5) is 0 Å². The van der Waals surface area contributed by atoms with Crippen molar-refractivity contribution in [2.24, 2.45) is 0 Å². The molecule has 2 nitrogen and oxygen atoms in total. The number of carbonyl (C=O) groups excluding carboxylic acids is 1. The van der Waals surface area contributed by atoms with E-state index in [0.717, 1.165) is 70.9 Å². The first-order valence-electron chi connectivity index (χ1n) is 10.9. The Balaban J connectivity index is 1.90. The molecule has 0 N–H and O–H groups in total. The Hall–Kier alpha value is -1.83. The molecule has 0 bridgehead atoms. The van der Waals surface area contributed by atoms with Crippen LogP contribution >= 0.6 is 0 Å². The van der Waals surface area contributed by atoms with Crippen molar-refractivity contribution in [1.82, 2.24) is 4.90 Å². The number of nitrogens with zero attached hydrogens (tertiary/aromatic N) is 1. The van der Waals surface area contributed by atoms with Crippen molar-refractivity contribution < 1.29 is 4.79 Å². The average molecular weight is 370 g/mol. The van der Waals surface area contributed by atoms with Gasteiger partial charge in [0.15, 0.2) is 0 Å². The molecule has 27 heavy (non-hydrogen) atoms. The van der Waals surface area contributed by atoms with Gasteiger partial charge < -0.3 is 4.90 Å². The zero-order valence-electron chi connectivity index (χ0n) is 17.3. The Bertz CT molecular complexity index is 504. The second kappa shape index (κ2) is 17.6. The van der Waals surface area contributed by atoms with E-state index in [-0.39, 0.29) is 0 Å². The molecule has 0 unspecified atom stereocenters. The summed E-state index contributed by atoms with van der Waals surface area (Å²) in [5.41, 5.74) is 0. The minimum Gasteiger partial charge on any atom is -0.343 e. The predicted octanol–water partition coefficient (Wildman–Crippen LogP) is 6.92. The highest BCUT2D eigenvalue weighted by Gasteiger charge is 2.16. The van der Waals surface area contributed by atoms with Gasteiger partial charge in [-0.3, -0.25) is 4.79 Å². The largest absolute Gasteiger partial charge is 0.343 e. The molecule has 2 heteroatoms. The number of hydrogen-bond acceptors (Lipinski definition) is 1. The van der Waals surface area contributed by atoms with Crippen LogP contribution in [0.1, 0.15) is 77.6 Å². The van der Waals surface area contributed by atoms with Crippen molar-refractivity contribution in [3.05, 3.63) is 60.8 Å². The molecular weight excluding hydrogens is 330 g/mol. The standard InChI is InChI=1S/C25H39NO/c1-2-3-4-5-6-7-8-9-10-11-12-13-14-15-16-17-18-19-22-25(27)26-23-20-21-24-26/h3-4,6-7,9-10,12-13,15-16H,2,5,8,11,14,17-24H2,1H3/b4-3-,7-6-,10-9-,13-12-,16-15-. The fraction of sp³-hybridized carbons (Fsp3) is 0.560. The van der Waals surface area contributed by atoms with Crippen LogP contribution in [0.3, 0.4) is 0 Å². The van der Waals surface area contributed by atoms with Crippen LogP contribution in [0, 0.1) is 0 Å². The lowest BCUT2D eigenvalue weighted by Crippen LogP contribution is -2.27. The first kappa shape index (κ1) is 23.2. The first-order chi connectivity index (χ1) is 13.3. The van der Waals surface area contributed by atoms with Crippen LogP contribution in [0.15, 0.2) is 60.8 Å². The Morgan fingerprint density at radius 1 is 0.704 bits per heavy atom. The van der Waals surface area contributed by atoms with Crippen molar-refractivity contribution in [2.75, 3.05) is 13.1 Å². The van der Waals surface area contributed by atoms with Crippen molar-refractivity contribution in [2.45, 2.75) is 77.6 Å². The quantitative estimate of drug-likeness (QED) is 0.240. The van der Waals surface area contributed by atoms with Crippen LogP contribution in [-0.4, -0.2) is 23.9 Å². The molecular formula is C25H39NO. The van der Waals surface area contributed by atoms with Gasteiger partial charge >= 0.3 is 0 Å². The third-order valence-electron chi connectivity index (χ3n) is 4.63. The minimum absolute atomic E-state index is 0.358. The first-order valence-corrected chi connectivity index (χ1v) is 10.9. The van der Waals surface area contributed by atoms with Crippen molar-refractivity contribution >= 4 is 5.91 Å². The fourth-order valence-corrected chi connectivity index (χ4v) is 3.03. The van der Waals surface area contributed by atoms with E-state index >= 15 is 0 Å². The van der Waals surface area contributed by atoms with Gasteiger partial charge in [0, 0.05) is 19.5 Å². The fourth-order valence-electron chi connectivity index (χ4n) is 3.03. The molecule has 0 aromatic carbocycles. The zero-order valence-corrected chi connectivity index (χ0v) is 17.3. The molecule has 1 amide bonds. The summed E-state index contributed by atoms with van der Waals surface area (Å²) >= 11 is 0. The van der Waals surface area contributed by atoms with Gasteiger partial charge in [-0.2, -0.15) is 0 Å². The van der Waals surface area contributed by atoms with Crippen LogP contribution in [0.5, 0.6) is 0 Å². The summed E-state index contributed by atoms with van der Waals surface area (Å²) in [6, 6.07) is 0. The van der Waals surface area contributed by atoms with E-state index in [0.29, 0.717) is 5.91 Å². The van der Waals surface area contributed by atoms with E-state index in [1.54, 1.807) is 0 Å². The molecule has 1 rings (SSSR count). The molecule has 0 spiro atoms. The lowest BCUT2D eigenvalue weighted by atomic mass is 10.1. The third-order valence-corrected chi connectivity index (χ3v) is 4.63. The Labute approximate surface area is 167 Å². The third kappa shape index (κ3) is 14.0. The van der Waals surface area contributed by atoms with E-state index in [1.807, 2.05) is 4.90 Å². The maximum Gasteiger partial charge on any atom is 0.222 e. The molecule has 0 aromatic heterocycles. The molecule has 0 aromatic rings. The highest BCUT2D eigenvalue weighted by atomic mass is 16.2. The van der Waals surface area contributed by atoms with Crippen LogP contribution in [-0.2, 0) is 4.79 Å². The molecule has 0 aliphatic carbocycles. The summed E-state index contributed by atoms with van der Waals surface area (Å²) in [6.07, 6.45) is 33.8. The van der Waals surface area contributed by atoms with Gasteiger partial charge in [0.25, 0.3) is 0 Å². The SMILES string of the molecule is CC/C=C\C/C=C\C/C=C\C/C=C\C/C=C\CCCCC(=O)N1CCCC1. The normalized spacial score (nSPS) is 15.7. The average Bonchev–Trinajstić information content (AvgIpc) is 3.22. The summed E-state index contributed by atoms with van der Waals surface area (Å²) < 4.78 is 0. The van der Waals surface area contributed by atoms with Gasteiger partial charge in [0.1, 0.15) is 0 Å². The topological polar surface area (TPSA) is 20.3 Å². The van der Waals surface area contributed by atoms with Crippen molar-refractivity contribution in [3.63, 3.8) is 0 Å². The number of amides is 1. The summed E-state index contributed by atoms with van der Waals surface area (Å²) in [5, 5.41) is 0. The minimum atomic E-state index is 0.358. The highest BCUT2D eigenvalue weighted by Crippen LogP contribution is 2.11. The number of allylic oxidation sites excluding steroid dienone is 10. The summed E-state index contributed by atoms with van der Waals surface area (Å²) in [6.45, 7) is 4.12. The number of rotatable bonds is 14. The Morgan fingerprint density at radius 2 is 1.19 bits per heavy atom. The summed E-state index contributed by atoms with van der Waals surface area (Å²) in [7, 11) is 0. The molecule has 150 valence electrons. The van der Waals surface area contributed by atoms with Gasteiger partial charge in [-0.05, 0) is 64.2 Å². The molecule has 1 fully saturated rings. The monoisotopic (exact) mass is 369 g/mol. The summed E-state index contributed by atoms with van der Waals surface area (Å²) in [4.78, 5) is 13.9. The van der Waals surface area contributed by atoms with Gasteiger partial charge in [0.05, 0.1) is 0 Å². The van der Waals surface area contributed by atoms with Gasteiger partial charge in [-0.25, -0.2) is 0 Å². The zero-order chi connectivity index (χ0) is 19.4. The second-order valence-electron chi connectivity index (χ2n) is 7.04. The van der Waals surface area contributed by atoms with Crippen LogP contribution < -0.4 is 0 Å². The molecule has 0 atom stereocenters. The maximum atomic E-state index is 11.9. The van der Waals surface area contributed by atoms with Gasteiger partial charge in [-0.1, -0.05) is 67.7 Å². The number of unbranched alkanes of at least 4 members (excludes halogenated alkanes) is 2. The number of likely N-dealkylation sites (tertiary alicyclic amines) is 1. The molecule has 1 aliphatic rings. The lowest BCUT2D eigenvalue weighted by molar-refractivity contribution is -0.130. The molecule has 1 aliphatic heterocycles. The predicted molar refractivity (Wildman–Crippen MR) is 119 cm³/mol. The molecule has 0 saturated carbocycles. The van der Waals surface area contributed by atoms with Crippen molar-refractivity contribution in [1.29, 1.82) is 0 Å². The maximum absolute atomic E-state index is 11.9. The molecule has 0 radical (unpaired) electrons. The molecule has 1 heterocycles. The lowest BCUT2D eigenvalue weighted by Gasteiger charge is -2.14. The summed E-state index contributed by atoms with van der Waals surface area (Å²) in [5.74, 6) is 0.358. The Kier molecular flexibility index (Phi) is 15.1. The smallest absolute Gasteiger partial charge is 0.222 e. The van der Waals surface area contributed by atoms with Gasteiger partial charge in [0.2, 0.25) is 5.91 Å². The van der Waals surface area contributed by atoms with E-state index in [2.05, 4.69) is 67.7 Å².